The summed E-state index contributed by atoms with van der Waals surface area (Å²) in [6.07, 6.45) is 1.25. The first kappa shape index (κ1) is 6.80. The number of fused-ring (bicyclic) bond motifs is 1. The number of rotatable bonds is 1. The summed E-state index contributed by atoms with van der Waals surface area (Å²) < 4.78 is 0. The van der Waals surface area contributed by atoms with Crippen molar-refractivity contribution in [1.82, 2.24) is 10.2 Å². The minimum atomic E-state index is 0.383. The van der Waals surface area contributed by atoms with Gasteiger partial charge in [0.2, 0.25) is 5.13 Å². The lowest BCUT2D eigenvalue weighted by Crippen LogP contribution is -2.49. The molecule has 1 aromatic rings. The van der Waals surface area contributed by atoms with Crippen LogP contribution in [-0.2, 0) is 0 Å². The van der Waals surface area contributed by atoms with E-state index in [9.17, 15) is 0 Å². The quantitative estimate of drug-likeness (QED) is 0.668. The summed E-state index contributed by atoms with van der Waals surface area (Å²) in [5, 5.41) is 8.92. The summed E-state index contributed by atoms with van der Waals surface area (Å²) in [7, 11) is 0. The molecule has 3 fully saturated rings. The van der Waals surface area contributed by atoms with Gasteiger partial charge >= 0.3 is 0 Å². The summed E-state index contributed by atoms with van der Waals surface area (Å²) in [4.78, 5) is 2.30. The van der Waals surface area contributed by atoms with Crippen LogP contribution >= 0.6 is 11.3 Å². The van der Waals surface area contributed by atoms with E-state index in [1.807, 2.05) is 0 Å². The largest absolute Gasteiger partial charge is 0.342 e. The van der Waals surface area contributed by atoms with Crippen molar-refractivity contribution in [2.75, 3.05) is 11.4 Å². The Hall–Kier alpha value is -0.680. The predicted molar refractivity (Wildman–Crippen MR) is 47.1 cm³/mol. The topological polar surface area (TPSA) is 55.0 Å². The van der Waals surface area contributed by atoms with Gasteiger partial charge in [-0.1, -0.05) is 11.3 Å². The molecule has 4 nitrogen and oxygen atoms in total. The summed E-state index contributed by atoms with van der Waals surface area (Å²) in [6, 6.07) is 0.928. The normalized spacial score (nSPS) is 38.4. The fourth-order valence-corrected chi connectivity index (χ4v) is 2.80. The van der Waals surface area contributed by atoms with Gasteiger partial charge in [-0.3, -0.25) is 0 Å². The average molecular weight is 182 g/mol. The molecule has 2 saturated heterocycles. The number of hydrogen-bond donors (Lipinski definition) is 1. The molecule has 0 aromatic carbocycles. The molecule has 3 aliphatic rings. The van der Waals surface area contributed by atoms with Crippen LogP contribution in [0.2, 0.25) is 0 Å². The van der Waals surface area contributed by atoms with Gasteiger partial charge in [-0.05, 0) is 12.3 Å². The molecule has 1 aromatic heterocycles. The Morgan fingerprint density at radius 2 is 2.58 bits per heavy atom. The van der Waals surface area contributed by atoms with E-state index in [1.54, 1.807) is 16.8 Å². The van der Waals surface area contributed by atoms with Crippen LogP contribution in [0.15, 0.2) is 5.51 Å². The van der Waals surface area contributed by atoms with Crippen LogP contribution in [0.5, 0.6) is 0 Å². The second-order valence-electron chi connectivity index (χ2n) is 3.51. The highest BCUT2D eigenvalue weighted by Gasteiger charge is 2.50. The van der Waals surface area contributed by atoms with Crippen LogP contribution in [0, 0.1) is 5.92 Å². The fourth-order valence-electron chi connectivity index (χ4n) is 2.17. The zero-order valence-electron chi connectivity index (χ0n) is 6.55. The standard InChI is InChI=1S/C7H10N4S/c8-6-4-1-5(6)11(2-4)7-10-9-3-12-7/h3-6H,1-2,8H2. The summed E-state index contributed by atoms with van der Waals surface area (Å²) in [6.45, 7) is 1.08. The average Bonchev–Trinajstić information content (AvgIpc) is 2.75. The Balaban J connectivity index is 1.89. The number of anilines is 1. The Bertz CT molecular complexity index is 286. The van der Waals surface area contributed by atoms with Crippen molar-refractivity contribution in [2.45, 2.75) is 18.5 Å². The Morgan fingerprint density at radius 3 is 3.08 bits per heavy atom. The van der Waals surface area contributed by atoms with Gasteiger partial charge in [0.05, 0.1) is 0 Å². The van der Waals surface area contributed by atoms with Crippen molar-refractivity contribution in [3.05, 3.63) is 5.51 Å². The van der Waals surface area contributed by atoms with E-state index in [0.29, 0.717) is 18.0 Å². The monoisotopic (exact) mass is 182 g/mol. The van der Waals surface area contributed by atoms with Crippen molar-refractivity contribution in [1.29, 1.82) is 0 Å². The van der Waals surface area contributed by atoms with Gasteiger partial charge in [-0.25, -0.2) is 0 Å². The molecule has 2 bridgehead atoms. The molecule has 0 spiro atoms. The lowest BCUT2D eigenvalue weighted by molar-refractivity contribution is 0.311. The number of aromatic nitrogens is 2. The molecule has 2 N–H and O–H groups in total. The van der Waals surface area contributed by atoms with Crippen molar-refractivity contribution in [3.8, 4) is 0 Å². The molecule has 5 heteroatoms. The van der Waals surface area contributed by atoms with Crippen molar-refractivity contribution in [3.63, 3.8) is 0 Å². The smallest absolute Gasteiger partial charge is 0.208 e. The van der Waals surface area contributed by atoms with Gasteiger partial charge in [-0.2, -0.15) is 0 Å². The molecule has 64 valence electrons. The third-order valence-corrected chi connectivity index (χ3v) is 3.69. The minimum Gasteiger partial charge on any atom is -0.342 e. The van der Waals surface area contributed by atoms with E-state index in [1.165, 1.54) is 6.42 Å². The highest BCUT2D eigenvalue weighted by molar-refractivity contribution is 7.13. The van der Waals surface area contributed by atoms with Gasteiger partial charge in [0.25, 0.3) is 0 Å². The maximum Gasteiger partial charge on any atom is 0.208 e. The molecule has 1 saturated carbocycles. The maximum atomic E-state index is 5.94. The van der Waals surface area contributed by atoms with Crippen LogP contribution in [0.25, 0.3) is 0 Å². The van der Waals surface area contributed by atoms with E-state index < -0.39 is 0 Å². The number of nitrogens with zero attached hydrogens (tertiary/aromatic N) is 3. The highest BCUT2D eigenvalue weighted by Crippen LogP contribution is 2.42. The summed E-state index contributed by atoms with van der Waals surface area (Å²) in [5.41, 5.74) is 7.71. The molecule has 1 aliphatic carbocycles. The molecule has 4 rings (SSSR count). The molecule has 0 amide bonds. The SMILES string of the molecule is NC1C2CC1N(c1nncs1)C2. The van der Waals surface area contributed by atoms with Crippen molar-refractivity contribution in [2.24, 2.45) is 11.7 Å². The fraction of sp³-hybridized carbons (Fsp3) is 0.714. The Labute approximate surface area is 74.4 Å². The van der Waals surface area contributed by atoms with Gasteiger partial charge < -0.3 is 10.6 Å². The third-order valence-electron chi connectivity index (χ3n) is 2.96. The number of hydrogen-bond acceptors (Lipinski definition) is 5. The zero-order valence-corrected chi connectivity index (χ0v) is 7.37. The van der Waals surface area contributed by atoms with Crippen LogP contribution in [0.3, 0.4) is 0 Å². The second-order valence-corrected chi connectivity index (χ2v) is 4.33. The van der Waals surface area contributed by atoms with Crippen LogP contribution in [0.4, 0.5) is 5.13 Å². The van der Waals surface area contributed by atoms with Crippen LogP contribution in [0.1, 0.15) is 6.42 Å². The molecule has 3 heterocycles. The van der Waals surface area contributed by atoms with Gasteiger partial charge in [0, 0.05) is 18.6 Å². The molecule has 12 heavy (non-hydrogen) atoms. The van der Waals surface area contributed by atoms with E-state index in [-0.39, 0.29) is 0 Å². The number of nitrogens with two attached hydrogens (primary N) is 1. The van der Waals surface area contributed by atoms with Crippen LogP contribution < -0.4 is 10.6 Å². The van der Waals surface area contributed by atoms with E-state index in [4.69, 9.17) is 5.73 Å². The molecular formula is C7H10N4S. The first-order valence-electron chi connectivity index (χ1n) is 4.14. The lowest BCUT2D eigenvalue weighted by Gasteiger charge is -2.32. The second kappa shape index (κ2) is 2.17. The first-order valence-corrected chi connectivity index (χ1v) is 5.02. The van der Waals surface area contributed by atoms with Gasteiger partial charge in [-0.15, -0.1) is 10.2 Å². The molecule has 0 radical (unpaired) electrons. The Morgan fingerprint density at radius 1 is 1.67 bits per heavy atom. The zero-order chi connectivity index (χ0) is 8.13. The maximum absolute atomic E-state index is 5.94. The first-order chi connectivity index (χ1) is 5.86. The van der Waals surface area contributed by atoms with E-state index >= 15 is 0 Å². The van der Waals surface area contributed by atoms with Crippen LogP contribution in [-0.4, -0.2) is 28.8 Å². The highest BCUT2D eigenvalue weighted by atomic mass is 32.1. The van der Waals surface area contributed by atoms with E-state index in [2.05, 4.69) is 15.1 Å². The Kier molecular flexibility index (Phi) is 1.23. The third kappa shape index (κ3) is 0.702. The van der Waals surface area contributed by atoms with Crippen molar-refractivity contribution < 1.29 is 0 Å². The molecule has 2 aliphatic heterocycles. The summed E-state index contributed by atoms with van der Waals surface area (Å²) in [5.74, 6) is 0.707. The molecular weight excluding hydrogens is 172 g/mol. The van der Waals surface area contributed by atoms with Gasteiger partial charge in [0.1, 0.15) is 5.51 Å². The molecule has 3 unspecified atom stereocenters. The van der Waals surface area contributed by atoms with Gasteiger partial charge in [0.15, 0.2) is 0 Å². The lowest BCUT2D eigenvalue weighted by atomic mass is 9.81. The summed E-state index contributed by atoms with van der Waals surface area (Å²) >= 11 is 1.60. The predicted octanol–water partition coefficient (Wildman–Crippen LogP) is 0.0739. The minimum absolute atomic E-state index is 0.383. The van der Waals surface area contributed by atoms with E-state index in [0.717, 1.165) is 11.7 Å². The molecule has 3 atom stereocenters. The van der Waals surface area contributed by atoms with Crippen molar-refractivity contribution >= 4 is 16.5 Å².